The van der Waals surface area contributed by atoms with Gasteiger partial charge in [-0.25, -0.2) is 13.4 Å². The Morgan fingerprint density at radius 2 is 1.90 bits per heavy atom. The zero-order valence-corrected chi connectivity index (χ0v) is 18.0. The highest BCUT2D eigenvalue weighted by molar-refractivity contribution is 7.91. The molecule has 1 aromatic carbocycles. The van der Waals surface area contributed by atoms with Crippen LogP contribution in [0.2, 0.25) is 5.02 Å². The summed E-state index contributed by atoms with van der Waals surface area (Å²) in [5.41, 5.74) is 1.59. The third-order valence-electron chi connectivity index (χ3n) is 5.14. The lowest BCUT2D eigenvalue weighted by molar-refractivity contribution is -0.152. The summed E-state index contributed by atoms with van der Waals surface area (Å²) in [4.78, 5) is 29.6. The predicted octanol–water partition coefficient (Wildman–Crippen LogP) is 3.72. The van der Waals surface area contributed by atoms with Gasteiger partial charge in [-0.2, -0.15) is 0 Å². The van der Waals surface area contributed by atoms with E-state index in [-0.39, 0.29) is 21.6 Å². The highest BCUT2D eigenvalue weighted by atomic mass is 35.5. The van der Waals surface area contributed by atoms with E-state index in [1.165, 1.54) is 19.2 Å². The number of benzene rings is 1. The maximum Gasteiger partial charge on any atom is 0.304 e. The molecule has 0 radical (unpaired) electrons. The van der Waals surface area contributed by atoms with Crippen molar-refractivity contribution < 1.29 is 22.7 Å². The number of esters is 1. The molecule has 0 bridgehead atoms. The Bertz CT molecular complexity index is 1280. The number of nitrogens with zero attached hydrogens (tertiary/aromatic N) is 2. The van der Waals surface area contributed by atoms with Gasteiger partial charge >= 0.3 is 5.97 Å². The summed E-state index contributed by atoms with van der Waals surface area (Å²) in [5, 5.41) is 0.748. The number of rotatable bonds is 4. The number of ether oxygens (including phenoxy) is 1. The second-order valence-corrected chi connectivity index (χ2v) is 9.68. The van der Waals surface area contributed by atoms with Crippen LogP contribution in [0.15, 0.2) is 41.4 Å². The van der Waals surface area contributed by atoms with Gasteiger partial charge in [-0.3, -0.25) is 14.2 Å². The van der Waals surface area contributed by atoms with Crippen molar-refractivity contribution in [3.05, 3.63) is 58.4 Å². The van der Waals surface area contributed by atoms with Crippen molar-refractivity contribution in [2.24, 2.45) is 0 Å². The Morgan fingerprint density at radius 1 is 1.20 bits per heavy atom. The van der Waals surface area contributed by atoms with Gasteiger partial charge in [-0.05, 0) is 43.2 Å². The topological polar surface area (TPSA) is 95.3 Å². The standard InChI is InChI=1S/C21H19ClN2O5S/c1-12(25)29-17-5-3-4-15-18(20(26)13-6-8-14(22)9-7-13)19-16(30(2,27)28)10-11-23-21(19)24(15)17/h6-11,17H,3-5H2,1-2H3. The number of ketones is 1. The normalized spacial score (nSPS) is 16.3. The average Bonchev–Trinajstić information content (AvgIpc) is 3.02. The first-order valence-electron chi connectivity index (χ1n) is 9.38. The van der Waals surface area contributed by atoms with Gasteiger partial charge < -0.3 is 4.74 Å². The molecule has 1 unspecified atom stereocenters. The average molecular weight is 447 g/mol. The fourth-order valence-corrected chi connectivity index (χ4v) is 4.97. The first kappa shape index (κ1) is 20.6. The number of hydrogen-bond donors (Lipinski definition) is 0. The fourth-order valence-electron chi connectivity index (χ4n) is 3.98. The molecule has 1 atom stereocenters. The third kappa shape index (κ3) is 3.50. The molecule has 0 N–H and O–H groups in total. The van der Waals surface area contributed by atoms with E-state index in [4.69, 9.17) is 16.3 Å². The van der Waals surface area contributed by atoms with Crippen molar-refractivity contribution in [3.8, 4) is 0 Å². The second kappa shape index (κ2) is 7.52. The van der Waals surface area contributed by atoms with Gasteiger partial charge in [-0.1, -0.05) is 11.6 Å². The highest BCUT2D eigenvalue weighted by Gasteiger charge is 2.34. The monoisotopic (exact) mass is 446 g/mol. The Morgan fingerprint density at radius 3 is 2.53 bits per heavy atom. The molecule has 0 amide bonds. The molecule has 1 aliphatic heterocycles. The zero-order chi connectivity index (χ0) is 21.6. The molecule has 0 fully saturated rings. The van der Waals surface area contributed by atoms with Crippen LogP contribution < -0.4 is 0 Å². The predicted molar refractivity (Wildman–Crippen MR) is 111 cm³/mol. The van der Waals surface area contributed by atoms with Crippen LogP contribution in [0.25, 0.3) is 11.0 Å². The third-order valence-corrected chi connectivity index (χ3v) is 6.53. The highest BCUT2D eigenvalue weighted by Crippen LogP contribution is 2.39. The number of carbonyl (C=O) groups excluding carboxylic acids is 2. The van der Waals surface area contributed by atoms with Crippen LogP contribution >= 0.6 is 11.6 Å². The Labute approximate surface area is 178 Å². The number of halogens is 1. The van der Waals surface area contributed by atoms with Gasteiger partial charge in [0.05, 0.1) is 10.5 Å². The second-order valence-electron chi connectivity index (χ2n) is 7.26. The van der Waals surface area contributed by atoms with E-state index in [2.05, 4.69) is 4.98 Å². The van der Waals surface area contributed by atoms with Crippen LogP contribution in [0.1, 0.15) is 47.6 Å². The maximum absolute atomic E-state index is 13.5. The van der Waals surface area contributed by atoms with E-state index >= 15 is 0 Å². The van der Waals surface area contributed by atoms with Crippen molar-refractivity contribution >= 4 is 44.2 Å². The lowest BCUT2D eigenvalue weighted by Gasteiger charge is -2.26. The van der Waals surface area contributed by atoms with Crippen LogP contribution in [0.5, 0.6) is 0 Å². The Balaban J connectivity index is 2.07. The molecule has 0 saturated heterocycles. The van der Waals surface area contributed by atoms with Gasteiger partial charge in [0.25, 0.3) is 0 Å². The molecule has 1 aliphatic rings. The summed E-state index contributed by atoms with van der Waals surface area (Å²) < 4.78 is 32.2. The smallest absolute Gasteiger partial charge is 0.304 e. The summed E-state index contributed by atoms with van der Waals surface area (Å²) in [5.74, 6) is -0.786. The molecule has 9 heteroatoms. The summed E-state index contributed by atoms with van der Waals surface area (Å²) in [6.07, 6.45) is 3.61. The summed E-state index contributed by atoms with van der Waals surface area (Å²) in [7, 11) is -3.65. The first-order chi connectivity index (χ1) is 14.2. The summed E-state index contributed by atoms with van der Waals surface area (Å²) >= 11 is 5.95. The quantitative estimate of drug-likeness (QED) is 0.447. The van der Waals surface area contributed by atoms with Gasteiger partial charge in [0.15, 0.2) is 21.8 Å². The number of hydrogen-bond acceptors (Lipinski definition) is 6. The molecule has 156 valence electrons. The minimum atomic E-state index is -3.65. The summed E-state index contributed by atoms with van der Waals surface area (Å²) in [6, 6.07) is 7.81. The van der Waals surface area contributed by atoms with Gasteiger partial charge in [0.2, 0.25) is 0 Å². The molecule has 30 heavy (non-hydrogen) atoms. The molecule has 4 rings (SSSR count). The first-order valence-corrected chi connectivity index (χ1v) is 11.6. The molecule has 7 nitrogen and oxygen atoms in total. The largest absolute Gasteiger partial charge is 0.441 e. The minimum Gasteiger partial charge on any atom is -0.441 e. The molecule has 0 saturated carbocycles. The van der Waals surface area contributed by atoms with E-state index in [0.29, 0.717) is 41.2 Å². The van der Waals surface area contributed by atoms with Crippen LogP contribution in [0, 0.1) is 0 Å². The molecular weight excluding hydrogens is 428 g/mol. The minimum absolute atomic E-state index is 0.0216. The molecule has 3 aromatic rings. The molecule has 3 heterocycles. The molecule has 0 spiro atoms. The molecule has 2 aromatic heterocycles. The fraction of sp³-hybridized carbons (Fsp3) is 0.286. The van der Waals surface area contributed by atoms with E-state index < -0.39 is 22.0 Å². The van der Waals surface area contributed by atoms with Crippen molar-refractivity contribution in [1.82, 2.24) is 9.55 Å². The maximum atomic E-state index is 13.5. The molecule has 0 aliphatic carbocycles. The van der Waals surface area contributed by atoms with Gasteiger partial charge in [-0.15, -0.1) is 0 Å². The van der Waals surface area contributed by atoms with Crippen LogP contribution in [0.3, 0.4) is 0 Å². The van der Waals surface area contributed by atoms with Crippen molar-refractivity contribution in [1.29, 1.82) is 0 Å². The Hall–Kier alpha value is -2.71. The lowest BCUT2D eigenvalue weighted by Crippen LogP contribution is -2.23. The van der Waals surface area contributed by atoms with Crippen LogP contribution in [0.4, 0.5) is 0 Å². The van der Waals surface area contributed by atoms with E-state index in [1.807, 2.05) is 0 Å². The van der Waals surface area contributed by atoms with Gasteiger partial charge in [0, 0.05) is 47.5 Å². The van der Waals surface area contributed by atoms with Crippen LogP contribution in [-0.4, -0.2) is 36.0 Å². The van der Waals surface area contributed by atoms with E-state index in [1.54, 1.807) is 28.8 Å². The number of pyridine rings is 1. The molecular formula is C21H19ClN2O5S. The van der Waals surface area contributed by atoms with Crippen molar-refractivity contribution in [2.75, 3.05) is 6.26 Å². The number of carbonyl (C=O) groups is 2. The van der Waals surface area contributed by atoms with E-state index in [0.717, 1.165) is 6.26 Å². The number of fused-ring (bicyclic) bond motifs is 3. The lowest BCUT2D eigenvalue weighted by atomic mass is 9.97. The SMILES string of the molecule is CC(=O)OC1CCCc2c(C(=O)c3ccc(Cl)cc3)c3c(S(C)(=O)=O)ccnc3n21. The number of sulfone groups is 1. The Kier molecular flexibility index (Phi) is 5.15. The summed E-state index contributed by atoms with van der Waals surface area (Å²) in [6.45, 7) is 1.31. The van der Waals surface area contributed by atoms with Gasteiger partial charge in [0.1, 0.15) is 5.65 Å². The zero-order valence-electron chi connectivity index (χ0n) is 16.4. The number of aromatic nitrogens is 2. The van der Waals surface area contributed by atoms with Crippen molar-refractivity contribution in [3.63, 3.8) is 0 Å². The van der Waals surface area contributed by atoms with E-state index in [9.17, 15) is 18.0 Å². The van der Waals surface area contributed by atoms with Crippen molar-refractivity contribution in [2.45, 2.75) is 37.3 Å². The van der Waals surface area contributed by atoms with Crippen LogP contribution in [-0.2, 0) is 25.8 Å².